The van der Waals surface area contributed by atoms with E-state index in [1.54, 1.807) is 0 Å². The van der Waals surface area contributed by atoms with Gasteiger partial charge in [-0.1, -0.05) is 34.1 Å². The molecule has 1 heteroatoms. The molecule has 0 bridgehead atoms. The first-order valence-corrected chi connectivity index (χ1v) is 4.87. The lowest BCUT2D eigenvalue weighted by Crippen LogP contribution is -2.21. The number of hydrogen-bond acceptors (Lipinski definition) is 1. The molecule has 1 nitrogen and oxygen atoms in total. The molecule has 0 aliphatic carbocycles. The summed E-state index contributed by atoms with van der Waals surface area (Å²) in [5, 5.41) is 3.45. The van der Waals surface area contributed by atoms with E-state index in [-0.39, 0.29) is 0 Å². The predicted octanol–water partition coefficient (Wildman–Crippen LogP) is 2.67. The second-order valence-electron chi connectivity index (χ2n) is 3.90. The second kappa shape index (κ2) is 6.66. The van der Waals surface area contributed by atoms with Gasteiger partial charge in [0.05, 0.1) is 0 Å². The molecule has 1 N–H and O–H groups in total. The standard InChI is InChI=1S/C10H23N/c1-5-10(4)6-7-11-8-9(2)3/h9-11H,5-8H2,1-4H3. The largest absolute Gasteiger partial charge is 0.316 e. The monoisotopic (exact) mass is 157 g/mol. The second-order valence-corrected chi connectivity index (χ2v) is 3.90. The summed E-state index contributed by atoms with van der Waals surface area (Å²) in [4.78, 5) is 0. The van der Waals surface area contributed by atoms with Crippen LogP contribution < -0.4 is 5.32 Å². The van der Waals surface area contributed by atoms with Gasteiger partial charge in [0.25, 0.3) is 0 Å². The molecule has 0 aromatic rings. The fraction of sp³-hybridized carbons (Fsp3) is 1.00. The van der Waals surface area contributed by atoms with Gasteiger partial charge in [0.15, 0.2) is 0 Å². The van der Waals surface area contributed by atoms with Crippen molar-refractivity contribution < 1.29 is 0 Å². The molecule has 0 aliphatic heterocycles. The minimum absolute atomic E-state index is 0.784. The van der Waals surface area contributed by atoms with Gasteiger partial charge in [-0.2, -0.15) is 0 Å². The maximum absolute atomic E-state index is 3.45. The lowest BCUT2D eigenvalue weighted by Gasteiger charge is -2.10. The third kappa shape index (κ3) is 7.86. The lowest BCUT2D eigenvalue weighted by atomic mass is 10.1. The van der Waals surface area contributed by atoms with Crippen LogP contribution in [0.25, 0.3) is 0 Å². The quantitative estimate of drug-likeness (QED) is 0.584. The Morgan fingerprint density at radius 3 is 2.27 bits per heavy atom. The fourth-order valence-corrected chi connectivity index (χ4v) is 0.943. The van der Waals surface area contributed by atoms with Crippen LogP contribution in [0.3, 0.4) is 0 Å². The Labute approximate surface area is 71.6 Å². The van der Waals surface area contributed by atoms with E-state index >= 15 is 0 Å². The van der Waals surface area contributed by atoms with Crippen molar-refractivity contribution in [3.63, 3.8) is 0 Å². The molecule has 0 rings (SSSR count). The van der Waals surface area contributed by atoms with Crippen molar-refractivity contribution in [2.45, 2.75) is 40.5 Å². The molecule has 1 unspecified atom stereocenters. The summed E-state index contributed by atoms with van der Waals surface area (Å²) in [7, 11) is 0. The van der Waals surface area contributed by atoms with E-state index in [9.17, 15) is 0 Å². The first-order chi connectivity index (χ1) is 5.16. The van der Waals surface area contributed by atoms with Crippen molar-refractivity contribution in [3.05, 3.63) is 0 Å². The van der Waals surface area contributed by atoms with Crippen LogP contribution in [-0.4, -0.2) is 13.1 Å². The maximum atomic E-state index is 3.45. The van der Waals surface area contributed by atoms with Gasteiger partial charge in [-0.05, 0) is 31.3 Å². The fourth-order valence-electron chi connectivity index (χ4n) is 0.943. The van der Waals surface area contributed by atoms with Crippen LogP contribution in [0.5, 0.6) is 0 Å². The molecule has 0 saturated carbocycles. The zero-order valence-electron chi connectivity index (χ0n) is 8.48. The van der Waals surface area contributed by atoms with Crippen molar-refractivity contribution >= 4 is 0 Å². The van der Waals surface area contributed by atoms with E-state index in [0.29, 0.717) is 0 Å². The smallest absolute Gasteiger partial charge is 0.00258 e. The van der Waals surface area contributed by atoms with Crippen LogP contribution in [0, 0.1) is 11.8 Å². The van der Waals surface area contributed by atoms with Crippen LogP contribution in [0.1, 0.15) is 40.5 Å². The van der Waals surface area contributed by atoms with Crippen LogP contribution in [0.15, 0.2) is 0 Å². The van der Waals surface area contributed by atoms with Crippen LogP contribution in [0.2, 0.25) is 0 Å². The van der Waals surface area contributed by atoms with Gasteiger partial charge in [-0.15, -0.1) is 0 Å². The Hall–Kier alpha value is -0.0400. The normalized spacial score (nSPS) is 13.9. The van der Waals surface area contributed by atoms with Gasteiger partial charge in [0.1, 0.15) is 0 Å². The summed E-state index contributed by atoms with van der Waals surface area (Å²) < 4.78 is 0. The minimum atomic E-state index is 0.784. The summed E-state index contributed by atoms with van der Waals surface area (Å²) in [6.07, 6.45) is 2.63. The molecule has 0 aliphatic rings. The molecular weight excluding hydrogens is 134 g/mol. The highest BCUT2D eigenvalue weighted by Crippen LogP contribution is 2.04. The van der Waals surface area contributed by atoms with Gasteiger partial charge in [0.2, 0.25) is 0 Å². The zero-order chi connectivity index (χ0) is 8.69. The highest BCUT2D eigenvalue weighted by molar-refractivity contribution is 4.55. The van der Waals surface area contributed by atoms with Crippen molar-refractivity contribution in [2.75, 3.05) is 13.1 Å². The van der Waals surface area contributed by atoms with Crippen molar-refractivity contribution in [2.24, 2.45) is 11.8 Å². The van der Waals surface area contributed by atoms with Gasteiger partial charge in [-0.25, -0.2) is 0 Å². The molecule has 1 atom stereocenters. The Bertz CT molecular complexity index is 78.9. The highest BCUT2D eigenvalue weighted by atomic mass is 14.8. The SMILES string of the molecule is CCC(C)CCNCC(C)C. The Morgan fingerprint density at radius 1 is 1.18 bits per heavy atom. The molecule has 0 amide bonds. The molecule has 0 heterocycles. The molecule has 0 fully saturated rings. The zero-order valence-corrected chi connectivity index (χ0v) is 8.48. The summed E-state index contributed by atoms with van der Waals surface area (Å²) in [6, 6.07) is 0. The van der Waals surface area contributed by atoms with Crippen LogP contribution in [-0.2, 0) is 0 Å². The molecule has 0 saturated heterocycles. The summed E-state index contributed by atoms with van der Waals surface area (Å²) in [5.74, 6) is 1.67. The van der Waals surface area contributed by atoms with E-state index in [2.05, 4.69) is 33.0 Å². The van der Waals surface area contributed by atoms with E-state index in [0.717, 1.165) is 18.4 Å². The number of nitrogens with one attached hydrogen (secondary N) is 1. The van der Waals surface area contributed by atoms with Crippen molar-refractivity contribution in [3.8, 4) is 0 Å². The average Bonchev–Trinajstić information content (AvgIpc) is 1.97. The summed E-state index contributed by atoms with van der Waals surface area (Å²) >= 11 is 0. The third-order valence-corrected chi connectivity index (χ3v) is 2.06. The Balaban J connectivity index is 3.01. The molecule has 68 valence electrons. The van der Waals surface area contributed by atoms with E-state index in [1.165, 1.54) is 19.4 Å². The van der Waals surface area contributed by atoms with E-state index in [1.807, 2.05) is 0 Å². The number of hydrogen-bond donors (Lipinski definition) is 1. The summed E-state index contributed by atoms with van der Waals surface area (Å²) in [5.41, 5.74) is 0. The molecule has 11 heavy (non-hydrogen) atoms. The average molecular weight is 157 g/mol. The minimum Gasteiger partial charge on any atom is -0.316 e. The third-order valence-electron chi connectivity index (χ3n) is 2.06. The Morgan fingerprint density at radius 2 is 1.82 bits per heavy atom. The Kier molecular flexibility index (Phi) is 6.63. The topological polar surface area (TPSA) is 12.0 Å². The van der Waals surface area contributed by atoms with Gasteiger partial charge in [-0.3, -0.25) is 0 Å². The van der Waals surface area contributed by atoms with Gasteiger partial charge < -0.3 is 5.32 Å². The highest BCUT2D eigenvalue weighted by Gasteiger charge is 1.97. The predicted molar refractivity (Wildman–Crippen MR) is 51.8 cm³/mol. The maximum Gasteiger partial charge on any atom is -0.00258 e. The molecule has 0 spiro atoms. The van der Waals surface area contributed by atoms with E-state index in [4.69, 9.17) is 0 Å². The van der Waals surface area contributed by atoms with Crippen molar-refractivity contribution in [1.29, 1.82) is 0 Å². The molecular formula is C10H23N. The molecule has 0 aromatic carbocycles. The molecule has 0 radical (unpaired) electrons. The number of rotatable bonds is 6. The van der Waals surface area contributed by atoms with Gasteiger partial charge >= 0.3 is 0 Å². The van der Waals surface area contributed by atoms with E-state index < -0.39 is 0 Å². The van der Waals surface area contributed by atoms with Crippen molar-refractivity contribution in [1.82, 2.24) is 5.32 Å². The van der Waals surface area contributed by atoms with Gasteiger partial charge in [0, 0.05) is 0 Å². The van der Waals surface area contributed by atoms with Crippen LogP contribution >= 0.6 is 0 Å². The molecule has 0 aromatic heterocycles. The summed E-state index contributed by atoms with van der Waals surface area (Å²) in [6.45, 7) is 11.4. The first kappa shape index (κ1) is 11.0. The van der Waals surface area contributed by atoms with Crippen LogP contribution in [0.4, 0.5) is 0 Å². The lowest BCUT2D eigenvalue weighted by molar-refractivity contribution is 0.467. The first-order valence-electron chi connectivity index (χ1n) is 4.87.